The molecule has 0 aliphatic rings. The fourth-order valence-corrected chi connectivity index (χ4v) is 3.98. The molecule has 0 N–H and O–H groups in total. The number of nitrogens with zero attached hydrogens (tertiary/aromatic N) is 3. The van der Waals surface area contributed by atoms with Gasteiger partial charge in [-0.25, -0.2) is 4.98 Å². The standard InChI is InChI=1S/C29H27N3O5/c1-5-18(2)36-27-24(34-3)14-19(15-25(27)35-4)17-30-32-28(26-16-20-10-6-9-13-23(20)37-26)31-22-12-8-7-11-21(22)29(32)33/h6-18H,5H2,1-4H3/t18-/m0/s1. The van der Waals surface area contributed by atoms with Gasteiger partial charge < -0.3 is 18.6 Å². The van der Waals surface area contributed by atoms with Gasteiger partial charge in [-0.3, -0.25) is 4.79 Å². The Morgan fingerprint density at radius 1 is 1.03 bits per heavy atom. The summed E-state index contributed by atoms with van der Waals surface area (Å²) in [6.45, 7) is 4.02. The highest BCUT2D eigenvalue weighted by Crippen LogP contribution is 2.39. The van der Waals surface area contributed by atoms with Gasteiger partial charge in [0, 0.05) is 10.9 Å². The molecular weight excluding hydrogens is 470 g/mol. The maximum absolute atomic E-state index is 13.5. The predicted molar refractivity (Wildman–Crippen MR) is 144 cm³/mol. The van der Waals surface area contributed by atoms with Gasteiger partial charge in [-0.1, -0.05) is 37.3 Å². The highest BCUT2D eigenvalue weighted by molar-refractivity contribution is 5.85. The van der Waals surface area contributed by atoms with Crippen LogP contribution >= 0.6 is 0 Å². The minimum atomic E-state index is -0.312. The number of ether oxygens (including phenoxy) is 3. The van der Waals surface area contributed by atoms with E-state index in [-0.39, 0.29) is 11.7 Å². The largest absolute Gasteiger partial charge is 0.493 e. The number of benzene rings is 3. The van der Waals surface area contributed by atoms with Crippen molar-refractivity contribution in [1.82, 2.24) is 9.66 Å². The maximum Gasteiger partial charge on any atom is 0.282 e. The van der Waals surface area contributed by atoms with E-state index in [1.165, 1.54) is 4.68 Å². The van der Waals surface area contributed by atoms with Crippen LogP contribution in [0, 0.1) is 0 Å². The van der Waals surface area contributed by atoms with Crippen LogP contribution < -0.4 is 19.8 Å². The molecule has 1 atom stereocenters. The van der Waals surface area contributed by atoms with Crippen molar-refractivity contribution in [2.75, 3.05) is 14.2 Å². The summed E-state index contributed by atoms with van der Waals surface area (Å²) in [7, 11) is 3.13. The van der Waals surface area contributed by atoms with Gasteiger partial charge in [0.2, 0.25) is 11.6 Å². The van der Waals surface area contributed by atoms with Gasteiger partial charge in [-0.05, 0) is 49.7 Å². The molecule has 0 saturated heterocycles. The Morgan fingerprint density at radius 2 is 1.73 bits per heavy atom. The average molecular weight is 498 g/mol. The van der Waals surface area contributed by atoms with E-state index in [0.29, 0.717) is 50.9 Å². The molecule has 0 radical (unpaired) electrons. The summed E-state index contributed by atoms with van der Waals surface area (Å²) in [5.74, 6) is 2.26. The van der Waals surface area contributed by atoms with E-state index in [0.717, 1.165) is 11.8 Å². The normalized spacial score (nSPS) is 12.3. The number of para-hydroxylation sites is 2. The molecule has 188 valence electrons. The SMILES string of the molecule is CC[C@H](C)Oc1c(OC)cc(C=Nn2c(-c3cc4ccccc4o3)nc3ccccc3c2=O)cc1OC. The van der Waals surface area contributed by atoms with Gasteiger partial charge in [-0.15, -0.1) is 0 Å². The van der Waals surface area contributed by atoms with Crippen LogP contribution in [0.1, 0.15) is 25.8 Å². The molecule has 37 heavy (non-hydrogen) atoms. The Labute approximate surface area is 213 Å². The molecule has 5 rings (SSSR count). The Morgan fingerprint density at radius 3 is 2.43 bits per heavy atom. The first-order chi connectivity index (χ1) is 18.0. The van der Waals surface area contributed by atoms with Gasteiger partial charge in [0.05, 0.1) is 37.4 Å². The molecule has 3 aromatic carbocycles. The van der Waals surface area contributed by atoms with Crippen molar-refractivity contribution >= 4 is 28.1 Å². The number of furan rings is 1. The van der Waals surface area contributed by atoms with E-state index in [1.807, 2.05) is 50.2 Å². The molecule has 8 nitrogen and oxygen atoms in total. The van der Waals surface area contributed by atoms with Gasteiger partial charge in [0.1, 0.15) is 5.58 Å². The van der Waals surface area contributed by atoms with Crippen LogP contribution in [-0.4, -0.2) is 36.2 Å². The zero-order valence-electron chi connectivity index (χ0n) is 21.1. The second kappa shape index (κ2) is 10.2. The third kappa shape index (κ3) is 4.65. The first-order valence-corrected chi connectivity index (χ1v) is 12.0. The van der Waals surface area contributed by atoms with Crippen LogP contribution in [0.4, 0.5) is 0 Å². The van der Waals surface area contributed by atoms with Crippen LogP contribution in [0.5, 0.6) is 17.2 Å². The molecule has 0 unspecified atom stereocenters. The van der Waals surface area contributed by atoms with E-state index in [9.17, 15) is 4.79 Å². The average Bonchev–Trinajstić information content (AvgIpc) is 3.37. The lowest BCUT2D eigenvalue weighted by atomic mass is 10.2. The molecule has 2 heterocycles. The summed E-state index contributed by atoms with van der Waals surface area (Å²) in [6, 6.07) is 20.2. The lowest BCUT2D eigenvalue weighted by molar-refractivity contribution is 0.198. The molecule has 8 heteroatoms. The minimum absolute atomic E-state index is 0.0177. The van der Waals surface area contributed by atoms with Crippen molar-refractivity contribution < 1.29 is 18.6 Å². The number of rotatable bonds is 8. The van der Waals surface area contributed by atoms with E-state index in [1.54, 1.807) is 50.8 Å². The van der Waals surface area contributed by atoms with E-state index < -0.39 is 0 Å². The van der Waals surface area contributed by atoms with Gasteiger partial charge >= 0.3 is 0 Å². The summed E-state index contributed by atoms with van der Waals surface area (Å²) < 4.78 is 24.5. The lowest BCUT2D eigenvalue weighted by Crippen LogP contribution is -2.20. The Hall–Kier alpha value is -4.59. The zero-order valence-corrected chi connectivity index (χ0v) is 21.1. The van der Waals surface area contributed by atoms with Crippen molar-refractivity contribution in [3.8, 4) is 28.8 Å². The van der Waals surface area contributed by atoms with Crippen LogP contribution in [-0.2, 0) is 0 Å². The molecule has 0 aliphatic heterocycles. The third-order valence-electron chi connectivity index (χ3n) is 6.10. The number of aromatic nitrogens is 2. The summed E-state index contributed by atoms with van der Waals surface area (Å²) in [6.07, 6.45) is 2.37. The second-order valence-electron chi connectivity index (χ2n) is 8.55. The molecule has 0 saturated carbocycles. The number of fused-ring (bicyclic) bond motifs is 2. The lowest BCUT2D eigenvalue weighted by Gasteiger charge is -2.18. The highest BCUT2D eigenvalue weighted by Gasteiger charge is 2.18. The van der Waals surface area contributed by atoms with E-state index in [4.69, 9.17) is 23.6 Å². The molecule has 0 amide bonds. The first-order valence-electron chi connectivity index (χ1n) is 12.0. The quantitative estimate of drug-likeness (QED) is 0.249. The van der Waals surface area contributed by atoms with Gasteiger partial charge in [-0.2, -0.15) is 9.78 Å². The monoisotopic (exact) mass is 497 g/mol. The number of methoxy groups -OCH3 is 2. The Kier molecular flexibility index (Phi) is 6.64. The number of hydrogen-bond acceptors (Lipinski definition) is 7. The minimum Gasteiger partial charge on any atom is -0.493 e. The van der Waals surface area contributed by atoms with Crippen LogP contribution in [0.3, 0.4) is 0 Å². The first kappa shape index (κ1) is 24.1. The van der Waals surface area contributed by atoms with Crippen LogP contribution in [0.25, 0.3) is 33.5 Å². The molecule has 0 aliphatic carbocycles. The molecule has 5 aromatic rings. The van der Waals surface area contributed by atoms with Crippen molar-refractivity contribution in [1.29, 1.82) is 0 Å². The Bertz CT molecular complexity index is 1610. The molecule has 0 fully saturated rings. The third-order valence-corrected chi connectivity index (χ3v) is 6.10. The van der Waals surface area contributed by atoms with Crippen LogP contribution in [0.2, 0.25) is 0 Å². The predicted octanol–water partition coefficient (Wildman–Crippen LogP) is 5.89. The maximum atomic E-state index is 13.5. The topological polar surface area (TPSA) is 88.1 Å². The van der Waals surface area contributed by atoms with Crippen molar-refractivity contribution in [3.05, 3.63) is 82.6 Å². The summed E-state index contributed by atoms with van der Waals surface area (Å²) in [5, 5.41) is 5.89. The summed E-state index contributed by atoms with van der Waals surface area (Å²) >= 11 is 0. The van der Waals surface area contributed by atoms with Gasteiger partial charge in [0.25, 0.3) is 5.56 Å². The van der Waals surface area contributed by atoms with E-state index >= 15 is 0 Å². The van der Waals surface area contributed by atoms with E-state index in [2.05, 4.69) is 5.10 Å². The number of hydrogen-bond donors (Lipinski definition) is 0. The highest BCUT2D eigenvalue weighted by atomic mass is 16.5. The van der Waals surface area contributed by atoms with Crippen molar-refractivity contribution in [2.45, 2.75) is 26.4 Å². The molecule has 2 aromatic heterocycles. The second-order valence-corrected chi connectivity index (χ2v) is 8.55. The smallest absolute Gasteiger partial charge is 0.282 e. The molecule has 0 bridgehead atoms. The fraction of sp³-hybridized carbons (Fsp3) is 0.207. The van der Waals surface area contributed by atoms with Crippen molar-refractivity contribution in [2.24, 2.45) is 5.10 Å². The van der Waals surface area contributed by atoms with Gasteiger partial charge in [0.15, 0.2) is 17.3 Å². The van der Waals surface area contributed by atoms with Crippen LogP contribution in [0.15, 0.2) is 81.0 Å². The summed E-state index contributed by atoms with van der Waals surface area (Å²) in [4.78, 5) is 18.2. The Balaban J connectivity index is 1.65. The zero-order chi connectivity index (χ0) is 25.9. The van der Waals surface area contributed by atoms with Crippen molar-refractivity contribution in [3.63, 3.8) is 0 Å². The molecular formula is C29H27N3O5. The fourth-order valence-electron chi connectivity index (χ4n) is 3.98. The summed E-state index contributed by atoms with van der Waals surface area (Å²) in [5.41, 5.74) is 1.60. The molecule has 0 spiro atoms.